The summed E-state index contributed by atoms with van der Waals surface area (Å²) >= 11 is 0. The predicted molar refractivity (Wildman–Crippen MR) is 70.1 cm³/mol. The number of benzene rings is 1. The molecule has 0 bridgehead atoms. The van der Waals surface area contributed by atoms with E-state index in [1.807, 2.05) is 30.3 Å². The molecule has 1 aliphatic rings. The van der Waals surface area contributed by atoms with Crippen LogP contribution in [-0.4, -0.2) is 25.7 Å². The molecular weight excluding hydrogens is 214 g/mol. The monoisotopic (exact) mass is 233 g/mol. The number of nitrogens with two attached hydrogens (primary N) is 1. The maximum atomic E-state index is 5.82. The summed E-state index contributed by atoms with van der Waals surface area (Å²) in [5, 5.41) is 3.07. The fourth-order valence-electron chi connectivity index (χ4n) is 1.89. The highest BCUT2D eigenvalue weighted by molar-refractivity contribution is 5.92. The minimum atomic E-state index is 0.474. The van der Waals surface area contributed by atoms with Crippen LogP contribution >= 0.6 is 0 Å². The normalized spacial score (nSPS) is 21.2. The van der Waals surface area contributed by atoms with Crippen molar-refractivity contribution >= 4 is 11.6 Å². The molecule has 0 amide bonds. The lowest BCUT2D eigenvalue weighted by molar-refractivity contribution is 0.0582. The van der Waals surface area contributed by atoms with Crippen LogP contribution < -0.4 is 11.1 Å². The summed E-state index contributed by atoms with van der Waals surface area (Å²) in [6, 6.07) is 9.82. The van der Waals surface area contributed by atoms with Gasteiger partial charge in [0.1, 0.15) is 0 Å². The zero-order valence-corrected chi connectivity index (χ0v) is 9.93. The summed E-state index contributed by atoms with van der Waals surface area (Å²) in [5.74, 6) is 0.988. The van der Waals surface area contributed by atoms with Gasteiger partial charge in [-0.2, -0.15) is 0 Å². The van der Waals surface area contributed by atoms with Crippen LogP contribution in [0.3, 0.4) is 0 Å². The van der Waals surface area contributed by atoms with E-state index in [4.69, 9.17) is 10.5 Å². The third-order valence-electron chi connectivity index (χ3n) is 2.82. The third-order valence-corrected chi connectivity index (χ3v) is 2.82. The van der Waals surface area contributed by atoms with Crippen molar-refractivity contribution in [1.29, 1.82) is 0 Å². The summed E-state index contributed by atoms with van der Waals surface area (Å²) in [4.78, 5) is 4.35. The number of nitrogens with zero attached hydrogens (tertiary/aromatic N) is 1. The molecule has 0 saturated carbocycles. The number of para-hydroxylation sites is 1. The average molecular weight is 233 g/mol. The Bertz CT molecular complexity index is 358. The molecule has 1 saturated heterocycles. The van der Waals surface area contributed by atoms with Gasteiger partial charge in [0.05, 0.1) is 6.61 Å². The Labute approximate surface area is 102 Å². The molecule has 2 rings (SSSR count). The van der Waals surface area contributed by atoms with Gasteiger partial charge in [0, 0.05) is 24.8 Å². The van der Waals surface area contributed by atoms with Crippen molar-refractivity contribution in [3.63, 3.8) is 0 Å². The van der Waals surface area contributed by atoms with Crippen LogP contribution in [0.15, 0.2) is 35.3 Å². The highest BCUT2D eigenvalue weighted by atomic mass is 16.5. The standard InChI is InChI=1S/C13H19N3O/c14-13(16-12-6-2-1-3-7-12)15-9-11-5-4-8-17-10-11/h1-3,6-7,11H,4-5,8-10H2,(H3,14,15,16). The van der Waals surface area contributed by atoms with Crippen LogP contribution in [-0.2, 0) is 4.74 Å². The number of ether oxygens (including phenoxy) is 1. The maximum absolute atomic E-state index is 5.82. The van der Waals surface area contributed by atoms with E-state index >= 15 is 0 Å². The Morgan fingerprint density at radius 3 is 2.94 bits per heavy atom. The van der Waals surface area contributed by atoms with Crippen molar-refractivity contribution in [2.45, 2.75) is 12.8 Å². The van der Waals surface area contributed by atoms with E-state index in [0.717, 1.165) is 31.9 Å². The second kappa shape index (κ2) is 6.25. The van der Waals surface area contributed by atoms with Gasteiger partial charge in [0.2, 0.25) is 0 Å². The van der Waals surface area contributed by atoms with E-state index in [2.05, 4.69) is 10.3 Å². The molecule has 1 unspecified atom stereocenters. The highest BCUT2D eigenvalue weighted by Gasteiger charge is 2.12. The predicted octanol–water partition coefficient (Wildman–Crippen LogP) is 1.84. The molecule has 1 heterocycles. The van der Waals surface area contributed by atoms with Crippen molar-refractivity contribution < 1.29 is 4.74 Å². The number of rotatable bonds is 3. The molecule has 0 aromatic heterocycles. The zero-order chi connectivity index (χ0) is 11.9. The SMILES string of the molecule is NC(=NCC1CCCOC1)Nc1ccccc1. The van der Waals surface area contributed by atoms with Gasteiger partial charge in [-0.1, -0.05) is 18.2 Å². The summed E-state index contributed by atoms with van der Waals surface area (Å²) in [6.45, 7) is 2.44. The first-order valence-corrected chi connectivity index (χ1v) is 6.04. The average Bonchev–Trinajstić information content (AvgIpc) is 2.39. The smallest absolute Gasteiger partial charge is 0.193 e. The van der Waals surface area contributed by atoms with Gasteiger partial charge in [-0.15, -0.1) is 0 Å². The number of anilines is 1. The molecule has 1 fully saturated rings. The Kier molecular flexibility index (Phi) is 4.38. The maximum Gasteiger partial charge on any atom is 0.193 e. The topological polar surface area (TPSA) is 59.6 Å². The molecule has 92 valence electrons. The second-order valence-corrected chi connectivity index (χ2v) is 4.30. The number of hydrogen-bond donors (Lipinski definition) is 2. The Morgan fingerprint density at radius 1 is 1.41 bits per heavy atom. The molecule has 0 spiro atoms. The van der Waals surface area contributed by atoms with Gasteiger partial charge in [0.25, 0.3) is 0 Å². The molecule has 4 heteroatoms. The molecule has 1 atom stereocenters. The van der Waals surface area contributed by atoms with Gasteiger partial charge >= 0.3 is 0 Å². The summed E-state index contributed by atoms with van der Waals surface area (Å²) in [5.41, 5.74) is 6.79. The van der Waals surface area contributed by atoms with Crippen molar-refractivity contribution in [2.24, 2.45) is 16.6 Å². The van der Waals surface area contributed by atoms with Crippen LogP contribution in [0.2, 0.25) is 0 Å². The molecule has 1 aromatic rings. The number of guanidine groups is 1. The molecule has 3 N–H and O–H groups in total. The molecule has 1 aromatic carbocycles. The Hall–Kier alpha value is -1.55. The molecule has 1 aliphatic heterocycles. The summed E-state index contributed by atoms with van der Waals surface area (Å²) in [6.07, 6.45) is 2.31. The molecule has 17 heavy (non-hydrogen) atoms. The number of hydrogen-bond acceptors (Lipinski definition) is 2. The van der Waals surface area contributed by atoms with Crippen LogP contribution in [0, 0.1) is 5.92 Å². The zero-order valence-electron chi connectivity index (χ0n) is 9.93. The molecule has 4 nitrogen and oxygen atoms in total. The first kappa shape index (κ1) is 11.9. The summed E-state index contributed by atoms with van der Waals surface area (Å²) < 4.78 is 5.40. The van der Waals surface area contributed by atoms with Gasteiger partial charge in [0.15, 0.2) is 5.96 Å². The third kappa shape index (κ3) is 4.07. The lowest BCUT2D eigenvalue weighted by Crippen LogP contribution is -2.26. The quantitative estimate of drug-likeness (QED) is 0.618. The van der Waals surface area contributed by atoms with Gasteiger partial charge in [-0.25, -0.2) is 0 Å². The Morgan fingerprint density at radius 2 is 2.24 bits per heavy atom. The van der Waals surface area contributed by atoms with Crippen molar-refractivity contribution in [1.82, 2.24) is 0 Å². The minimum Gasteiger partial charge on any atom is -0.381 e. The lowest BCUT2D eigenvalue weighted by Gasteiger charge is -2.20. The fraction of sp³-hybridized carbons (Fsp3) is 0.462. The van der Waals surface area contributed by atoms with Crippen LogP contribution in [0.25, 0.3) is 0 Å². The number of nitrogens with one attached hydrogen (secondary N) is 1. The van der Waals surface area contributed by atoms with E-state index in [-0.39, 0.29) is 0 Å². The molecule has 0 aliphatic carbocycles. The van der Waals surface area contributed by atoms with Crippen molar-refractivity contribution in [2.75, 3.05) is 25.1 Å². The largest absolute Gasteiger partial charge is 0.381 e. The van der Waals surface area contributed by atoms with E-state index in [9.17, 15) is 0 Å². The van der Waals surface area contributed by atoms with Crippen LogP contribution in [0.4, 0.5) is 5.69 Å². The van der Waals surface area contributed by atoms with Gasteiger partial charge in [-0.3, -0.25) is 4.99 Å². The van der Waals surface area contributed by atoms with E-state index in [1.165, 1.54) is 6.42 Å². The van der Waals surface area contributed by atoms with Crippen molar-refractivity contribution in [3.8, 4) is 0 Å². The first-order chi connectivity index (χ1) is 8.34. The fourth-order valence-corrected chi connectivity index (χ4v) is 1.89. The van der Waals surface area contributed by atoms with E-state index < -0.39 is 0 Å². The van der Waals surface area contributed by atoms with Crippen LogP contribution in [0.1, 0.15) is 12.8 Å². The summed E-state index contributed by atoms with van der Waals surface area (Å²) in [7, 11) is 0. The van der Waals surface area contributed by atoms with E-state index in [0.29, 0.717) is 11.9 Å². The Balaban J connectivity index is 1.80. The molecule has 0 radical (unpaired) electrons. The van der Waals surface area contributed by atoms with Crippen molar-refractivity contribution in [3.05, 3.63) is 30.3 Å². The molecular formula is C13H19N3O. The van der Waals surface area contributed by atoms with Crippen LogP contribution in [0.5, 0.6) is 0 Å². The van der Waals surface area contributed by atoms with Gasteiger partial charge in [-0.05, 0) is 25.0 Å². The lowest BCUT2D eigenvalue weighted by atomic mass is 10.0. The number of aliphatic imine (C=N–C) groups is 1. The highest BCUT2D eigenvalue weighted by Crippen LogP contribution is 2.13. The minimum absolute atomic E-state index is 0.474. The first-order valence-electron chi connectivity index (χ1n) is 6.04. The van der Waals surface area contributed by atoms with E-state index in [1.54, 1.807) is 0 Å². The second-order valence-electron chi connectivity index (χ2n) is 4.30. The van der Waals surface area contributed by atoms with Gasteiger partial charge < -0.3 is 15.8 Å².